The summed E-state index contributed by atoms with van der Waals surface area (Å²) in [5, 5.41) is 18.6. The first-order chi connectivity index (χ1) is 15.3. The van der Waals surface area contributed by atoms with Crippen LogP contribution in [0.3, 0.4) is 0 Å². The molecule has 2 heterocycles. The molecule has 32 heavy (non-hydrogen) atoms. The summed E-state index contributed by atoms with van der Waals surface area (Å²) < 4.78 is 0. The molecule has 0 saturated carbocycles. The highest BCUT2D eigenvalue weighted by molar-refractivity contribution is 7.10. The number of halogens is 1. The number of nitro groups is 1. The van der Waals surface area contributed by atoms with Crippen LogP contribution >= 0.6 is 22.9 Å². The molecule has 1 fully saturated rings. The van der Waals surface area contributed by atoms with Crippen LogP contribution in [0, 0.1) is 16.0 Å². The van der Waals surface area contributed by atoms with Gasteiger partial charge in [0, 0.05) is 23.6 Å². The van der Waals surface area contributed by atoms with Crippen molar-refractivity contribution in [2.24, 2.45) is 5.92 Å². The molecule has 0 bridgehead atoms. The van der Waals surface area contributed by atoms with Crippen LogP contribution < -0.4 is 10.6 Å². The molecule has 1 aromatic heterocycles. The number of rotatable bonds is 9. The Morgan fingerprint density at radius 3 is 2.53 bits per heavy atom. The molecular formula is C22H27ClN4O4S. The molecule has 8 nitrogen and oxygen atoms in total. The predicted octanol–water partition coefficient (Wildman–Crippen LogP) is 4.02. The van der Waals surface area contributed by atoms with Gasteiger partial charge in [0.15, 0.2) is 0 Å². The lowest BCUT2D eigenvalue weighted by atomic mass is 10.0. The maximum atomic E-state index is 13.0. The molecule has 0 radical (unpaired) electrons. The monoisotopic (exact) mass is 478 g/mol. The van der Waals surface area contributed by atoms with Gasteiger partial charge in [0.2, 0.25) is 5.91 Å². The first-order valence-corrected chi connectivity index (χ1v) is 11.8. The van der Waals surface area contributed by atoms with Crippen LogP contribution in [0.25, 0.3) is 0 Å². The molecule has 172 valence electrons. The Morgan fingerprint density at radius 1 is 1.25 bits per heavy atom. The number of hydrogen-bond acceptors (Lipinski definition) is 6. The molecule has 2 N–H and O–H groups in total. The van der Waals surface area contributed by atoms with Gasteiger partial charge in [0.05, 0.1) is 21.6 Å². The summed E-state index contributed by atoms with van der Waals surface area (Å²) in [7, 11) is 0. The fraction of sp³-hybridized carbons (Fsp3) is 0.455. The first-order valence-electron chi connectivity index (χ1n) is 10.6. The largest absolute Gasteiger partial charge is 0.352 e. The quantitative estimate of drug-likeness (QED) is 0.418. The third kappa shape index (κ3) is 5.85. The topological polar surface area (TPSA) is 105 Å². The second kappa shape index (κ2) is 10.9. The number of carbonyl (C=O) groups excluding carboxylic acids is 2. The lowest BCUT2D eigenvalue weighted by Crippen LogP contribution is -2.51. The van der Waals surface area contributed by atoms with E-state index >= 15 is 0 Å². The fourth-order valence-corrected chi connectivity index (χ4v) is 4.93. The number of likely N-dealkylation sites (tertiary alicyclic amines) is 1. The number of amides is 2. The zero-order chi connectivity index (χ0) is 23.3. The Kier molecular flexibility index (Phi) is 8.22. The highest BCUT2D eigenvalue weighted by Gasteiger charge is 2.29. The maximum Gasteiger partial charge on any atom is 0.270 e. The van der Waals surface area contributed by atoms with Crippen LogP contribution in [0.1, 0.15) is 48.0 Å². The van der Waals surface area contributed by atoms with Crippen molar-refractivity contribution in [2.75, 3.05) is 19.6 Å². The number of nitro benzene ring substituents is 1. The van der Waals surface area contributed by atoms with Gasteiger partial charge in [-0.3, -0.25) is 24.6 Å². The van der Waals surface area contributed by atoms with Gasteiger partial charge >= 0.3 is 0 Å². The first kappa shape index (κ1) is 24.2. The number of carbonyl (C=O) groups is 2. The van der Waals surface area contributed by atoms with E-state index in [9.17, 15) is 19.7 Å². The summed E-state index contributed by atoms with van der Waals surface area (Å²) in [5.41, 5.74) is -0.115. The standard InChI is InChI=1S/C22H27ClN4O4S/c1-14(2)20(25-21(28)16-8-7-15(27(30)31)12-17(16)23)22(29)24-13-18(19-6-5-11-32-19)26-9-3-4-10-26/h5-8,11-12,14,18,20H,3-4,9-10,13H2,1-2H3,(H,24,29)(H,25,28). The predicted molar refractivity (Wildman–Crippen MR) is 125 cm³/mol. The van der Waals surface area contributed by atoms with Crippen LogP contribution in [0.5, 0.6) is 0 Å². The third-order valence-corrected chi connectivity index (χ3v) is 6.85. The van der Waals surface area contributed by atoms with Crippen LogP contribution in [-0.2, 0) is 4.79 Å². The van der Waals surface area contributed by atoms with E-state index in [1.54, 1.807) is 11.3 Å². The summed E-state index contributed by atoms with van der Waals surface area (Å²) in [6.07, 6.45) is 2.30. The summed E-state index contributed by atoms with van der Waals surface area (Å²) in [6, 6.07) is 7.07. The number of non-ortho nitro benzene ring substituents is 1. The van der Waals surface area contributed by atoms with Crippen molar-refractivity contribution in [3.8, 4) is 0 Å². The van der Waals surface area contributed by atoms with Crippen LogP contribution in [0.15, 0.2) is 35.7 Å². The van der Waals surface area contributed by atoms with Crippen molar-refractivity contribution in [3.05, 3.63) is 61.3 Å². The number of thiophene rings is 1. The molecule has 1 aliphatic rings. The van der Waals surface area contributed by atoms with Crippen molar-refractivity contribution in [2.45, 2.75) is 38.8 Å². The molecule has 1 aromatic carbocycles. The summed E-state index contributed by atoms with van der Waals surface area (Å²) in [4.78, 5) is 39.6. The van der Waals surface area contributed by atoms with Crippen LogP contribution in [0.4, 0.5) is 5.69 Å². The molecule has 1 aliphatic heterocycles. The Balaban J connectivity index is 1.67. The van der Waals surface area contributed by atoms with Gasteiger partial charge in [-0.15, -0.1) is 11.3 Å². The van der Waals surface area contributed by atoms with Crippen molar-refractivity contribution in [1.29, 1.82) is 0 Å². The zero-order valence-electron chi connectivity index (χ0n) is 18.0. The fourth-order valence-electron chi connectivity index (χ4n) is 3.81. The van der Waals surface area contributed by atoms with E-state index in [1.807, 2.05) is 25.3 Å². The minimum absolute atomic E-state index is 0.0357. The van der Waals surface area contributed by atoms with Crippen LogP contribution in [0.2, 0.25) is 5.02 Å². The Labute approximate surface area is 196 Å². The second-order valence-corrected chi connectivity index (χ2v) is 9.52. The molecule has 3 rings (SSSR count). The Bertz CT molecular complexity index is 961. The van der Waals surface area contributed by atoms with E-state index in [4.69, 9.17) is 11.6 Å². The van der Waals surface area contributed by atoms with E-state index in [-0.39, 0.29) is 34.1 Å². The molecule has 2 aromatic rings. The van der Waals surface area contributed by atoms with Crippen molar-refractivity contribution < 1.29 is 14.5 Å². The summed E-state index contributed by atoms with van der Waals surface area (Å²) in [5.74, 6) is -0.983. The molecule has 2 unspecified atom stereocenters. The number of benzene rings is 1. The number of hydrogen-bond donors (Lipinski definition) is 2. The molecule has 1 saturated heterocycles. The van der Waals surface area contributed by atoms with E-state index in [2.05, 4.69) is 21.6 Å². The second-order valence-electron chi connectivity index (χ2n) is 8.14. The lowest BCUT2D eigenvalue weighted by Gasteiger charge is -2.28. The maximum absolute atomic E-state index is 13.0. The smallest absolute Gasteiger partial charge is 0.270 e. The Hall–Kier alpha value is -2.49. The molecule has 2 atom stereocenters. The van der Waals surface area contributed by atoms with Gasteiger partial charge in [-0.25, -0.2) is 0 Å². The van der Waals surface area contributed by atoms with Crippen LogP contribution in [-0.4, -0.2) is 47.3 Å². The number of nitrogens with zero attached hydrogens (tertiary/aromatic N) is 2. The van der Waals surface area contributed by atoms with Gasteiger partial charge in [0.1, 0.15) is 6.04 Å². The van der Waals surface area contributed by atoms with E-state index in [1.165, 1.54) is 17.0 Å². The van der Waals surface area contributed by atoms with Gasteiger partial charge < -0.3 is 10.6 Å². The minimum atomic E-state index is -0.767. The Morgan fingerprint density at radius 2 is 1.97 bits per heavy atom. The van der Waals surface area contributed by atoms with E-state index < -0.39 is 16.9 Å². The molecule has 0 spiro atoms. The van der Waals surface area contributed by atoms with Crippen molar-refractivity contribution in [3.63, 3.8) is 0 Å². The van der Waals surface area contributed by atoms with Crippen molar-refractivity contribution >= 4 is 40.4 Å². The van der Waals surface area contributed by atoms with Gasteiger partial charge in [-0.05, 0) is 49.4 Å². The molecule has 10 heteroatoms. The zero-order valence-corrected chi connectivity index (χ0v) is 19.6. The van der Waals surface area contributed by atoms with Crippen molar-refractivity contribution in [1.82, 2.24) is 15.5 Å². The third-order valence-electron chi connectivity index (χ3n) is 5.57. The van der Waals surface area contributed by atoms with Gasteiger partial charge in [-0.1, -0.05) is 31.5 Å². The highest BCUT2D eigenvalue weighted by Crippen LogP contribution is 2.28. The van der Waals surface area contributed by atoms with E-state index in [0.29, 0.717) is 6.54 Å². The molecule has 0 aliphatic carbocycles. The summed E-state index contributed by atoms with van der Waals surface area (Å²) in [6.45, 7) is 6.15. The van der Waals surface area contributed by atoms with Gasteiger partial charge in [0.25, 0.3) is 11.6 Å². The average molecular weight is 479 g/mol. The highest BCUT2D eigenvalue weighted by atomic mass is 35.5. The number of nitrogens with one attached hydrogen (secondary N) is 2. The lowest BCUT2D eigenvalue weighted by molar-refractivity contribution is -0.384. The SMILES string of the molecule is CC(C)C(NC(=O)c1ccc([N+](=O)[O-])cc1Cl)C(=O)NCC(c1cccs1)N1CCCC1. The minimum Gasteiger partial charge on any atom is -0.352 e. The van der Waals surface area contributed by atoms with Gasteiger partial charge in [-0.2, -0.15) is 0 Å². The summed E-state index contributed by atoms with van der Waals surface area (Å²) >= 11 is 7.74. The normalized spacial score (nSPS) is 16.0. The molecular weight excluding hydrogens is 452 g/mol. The molecule has 2 amide bonds. The average Bonchev–Trinajstić information content (AvgIpc) is 3.46. The van der Waals surface area contributed by atoms with E-state index in [0.717, 1.165) is 32.0 Å².